The number of carbonyl (C=O) groups excluding carboxylic acids is 1. The molecule has 2 heteroatoms. The highest BCUT2D eigenvalue weighted by Gasteiger charge is 2.43. The zero-order valence-corrected chi connectivity index (χ0v) is 11.4. The van der Waals surface area contributed by atoms with Gasteiger partial charge in [0, 0.05) is 5.92 Å². The zero-order chi connectivity index (χ0) is 13.4. The lowest BCUT2D eigenvalue weighted by Crippen LogP contribution is -2.17. The third kappa shape index (κ3) is 1.90. The molecule has 1 aromatic carbocycles. The molecule has 100 valence electrons. The van der Waals surface area contributed by atoms with E-state index in [-0.39, 0.29) is 5.92 Å². The number of aryl methyl sites for hydroxylation is 1. The summed E-state index contributed by atoms with van der Waals surface area (Å²) in [5.41, 5.74) is 3.36. The average Bonchev–Trinajstić information content (AvgIpc) is 2.74. The zero-order valence-electron chi connectivity index (χ0n) is 11.4. The molecular weight excluding hydrogens is 236 g/mol. The first-order valence-corrected chi connectivity index (χ1v) is 7.15. The number of fused-ring (bicyclic) bond motifs is 3. The number of rotatable bonds is 3. The molecular formula is C17H20O2. The van der Waals surface area contributed by atoms with Crippen molar-refractivity contribution in [1.82, 2.24) is 0 Å². The lowest BCUT2D eigenvalue weighted by Gasteiger charge is -2.24. The van der Waals surface area contributed by atoms with Crippen molar-refractivity contribution in [2.24, 2.45) is 5.92 Å². The van der Waals surface area contributed by atoms with Gasteiger partial charge in [0.2, 0.25) is 0 Å². The quantitative estimate of drug-likeness (QED) is 0.763. The predicted octanol–water partition coefficient (Wildman–Crippen LogP) is 4.03. The molecule has 1 aromatic rings. The van der Waals surface area contributed by atoms with E-state index in [0.29, 0.717) is 18.3 Å². The first-order chi connectivity index (χ1) is 9.24. The van der Waals surface area contributed by atoms with E-state index in [9.17, 15) is 4.79 Å². The highest BCUT2D eigenvalue weighted by Crippen LogP contribution is 2.50. The Morgan fingerprint density at radius 1 is 1.32 bits per heavy atom. The maximum atomic E-state index is 12.7. The lowest BCUT2D eigenvalue weighted by atomic mass is 9.78. The minimum atomic E-state index is 0.205. The average molecular weight is 256 g/mol. The standard InChI is InChI=1S/C17H20O2/c1-3-10-19-14-9-8-11(2)15-12-6-4-5-7-13(12)17(18)16(14)15/h3,8-9,12-13H,1,4-7,10H2,2H3. The molecule has 1 saturated carbocycles. The minimum absolute atomic E-state index is 0.205. The molecule has 0 radical (unpaired) electrons. The van der Waals surface area contributed by atoms with Crippen LogP contribution in [0.15, 0.2) is 24.8 Å². The van der Waals surface area contributed by atoms with Gasteiger partial charge in [0.05, 0.1) is 5.56 Å². The van der Waals surface area contributed by atoms with Gasteiger partial charge in [-0.15, -0.1) is 0 Å². The number of hydrogen-bond donors (Lipinski definition) is 0. The van der Waals surface area contributed by atoms with Crippen LogP contribution in [-0.4, -0.2) is 12.4 Å². The molecule has 0 aromatic heterocycles. The Kier molecular flexibility index (Phi) is 3.17. The SMILES string of the molecule is C=CCOc1ccc(C)c2c1C(=O)C1CCCCC21. The monoisotopic (exact) mass is 256 g/mol. The fourth-order valence-corrected chi connectivity index (χ4v) is 3.68. The Balaban J connectivity index is 2.08. The first-order valence-electron chi connectivity index (χ1n) is 7.15. The Hall–Kier alpha value is -1.57. The van der Waals surface area contributed by atoms with Crippen LogP contribution >= 0.6 is 0 Å². The van der Waals surface area contributed by atoms with Crippen LogP contribution in [-0.2, 0) is 0 Å². The molecule has 2 atom stereocenters. The minimum Gasteiger partial charge on any atom is -0.489 e. The summed E-state index contributed by atoms with van der Waals surface area (Å²) in [7, 11) is 0. The van der Waals surface area contributed by atoms with E-state index in [2.05, 4.69) is 19.6 Å². The van der Waals surface area contributed by atoms with Crippen molar-refractivity contribution in [2.75, 3.05) is 6.61 Å². The third-order valence-electron chi connectivity index (χ3n) is 4.50. The Bertz CT molecular complexity index is 530. The van der Waals surface area contributed by atoms with E-state index >= 15 is 0 Å². The van der Waals surface area contributed by atoms with Crippen LogP contribution in [0, 0.1) is 12.8 Å². The molecule has 2 aliphatic carbocycles. The van der Waals surface area contributed by atoms with E-state index in [1.54, 1.807) is 6.08 Å². The van der Waals surface area contributed by atoms with Gasteiger partial charge < -0.3 is 4.74 Å². The molecule has 0 aliphatic heterocycles. The summed E-state index contributed by atoms with van der Waals surface area (Å²) in [4.78, 5) is 12.7. The largest absolute Gasteiger partial charge is 0.489 e. The van der Waals surface area contributed by atoms with Crippen molar-refractivity contribution in [1.29, 1.82) is 0 Å². The molecule has 2 aliphatic rings. The molecule has 2 nitrogen and oxygen atoms in total. The molecule has 0 N–H and O–H groups in total. The summed E-state index contributed by atoms with van der Waals surface area (Å²) in [6.45, 7) is 6.24. The van der Waals surface area contributed by atoms with Crippen LogP contribution < -0.4 is 4.74 Å². The molecule has 0 heterocycles. The first kappa shape index (κ1) is 12.5. The van der Waals surface area contributed by atoms with Crippen molar-refractivity contribution in [3.05, 3.63) is 41.5 Å². The van der Waals surface area contributed by atoms with Gasteiger partial charge in [-0.05, 0) is 42.9 Å². The van der Waals surface area contributed by atoms with Crippen LogP contribution in [0.2, 0.25) is 0 Å². The topological polar surface area (TPSA) is 26.3 Å². The summed E-state index contributed by atoms with van der Waals surface area (Å²) >= 11 is 0. The summed E-state index contributed by atoms with van der Waals surface area (Å²) in [5.74, 6) is 1.70. The van der Waals surface area contributed by atoms with Gasteiger partial charge in [-0.2, -0.15) is 0 Å². The number of Topliss-reactive ketones (excluding diaryl/α,β-unsaturated/α-hetero) is 1. The van der Waals surface area contributed by atoms with E-state index in [1.807, 2.05) is 6.07 Å². The summed E-state index contributed by atoms with van der Waals surface area (Å²) in [5, 5.41) is 0. The van der Waals surface area contributed by atoms with Gasteiger partial charge >= 0.3 is 0 Å². The molecule has 0 amide bonds. The number of benzene rings is 1. The molecule has 0 spiro atoms. The van der Waals surface area contributed by atoms with Gasteiger partial charge in [-0.25, -0.2) is 0 Å². The molecule has 0 saturated heterocycles. The Labute approximate surface area is 114 Å². The van der Waals surface area contributed by atoms with E-state index in [4.69, 9.17) is 4.74 Å². The van der Waals surface area contributed by atoms with E-state index in [1.165, 1.54) is 24.0 Å². The van der Waals surface area contributed by atoms with Crippen molar-refractivity contribution >= 4 is 5.78 Å². The van der Waals surface area contributed by atoms with Gasteiger partial charge in [0.25, 0.3) is 0 Å². The molecule has 1 fully saturated rings. The fraction of sp³-hybridized carbons (Fsp3) is 0.471. The van der Waals surface area contributed by atoms with Crippen LogP contribution in [0.25, 0.3) is 0 Å². The smallest absolute Gasteiger partial charge is 0.170 e. The van der Waals surface area contributed by atoms with Crippen LogP contribution in [0.4, 0.5) is 0 Å². The molecule has 19 heavy (non-hydrogen) atoms. The van der Waals surface area contributed by atoms with Crippen LogP contribution in [0.1, 0.15) is 53.1 Å². The van der Waals surface area contributed by atoms with Gasteiger partial charge in [0.1, 0.15) is 12.4 Å². The van der Waals surface area contributed by atoms with E-state index < -0.39 is 0 Å². The molecule has 2 unspecified atom stereocenters. The Morgan fingerprint density at radius 3 is 2.79 bits per heavy atom. The van der Waals surface area contributed by atoms with Crippen molar-refractivity contribution in [2.45, 2.75) is 38.5 Å². The summed E-state index contributed by atoms with van der Waals surface area (Å²) < 4.78 is 5.69. The third-order valence-corrected chi connectivity index (χ3v) is 4.50. The number of carbonyl (C=O) groups is 1. The molecule has 0 bridgehead atoms. The van der Waals surface area contributed by atoms with E-state index in [0.717, 1.165) is 24.2 Å². The Morgan fingerprint density at radius 2 is 2.05 bits per heavy atom. The molecule has 3 rings (SSSR count). The second-order valence-electron chi connectivity index (χ2n) is 5.63. The highest BCUT2D eigenvalue weighted by atomic mass is 16.5. The summed E-state index contributed by atoms with van der Waals surface area (Å²) in [6, 6.07) is 4.02. The normalized spacial score (nSPS) is 24.8. The number of hydrogen-bond acceptors (Lipinski definition) is 2. The highest BCUT2D eigenvalue weighted by molar-refractivity contribution is 6.06. The second-order valence-corrected chi connectivity index (χ2v) is 5.63. The van der Waals surface area contributed by atoms with Crippen molar-refractivity contribution in [3.8, 4) is 5.75 Å². The van der Waals surface area contributed by atoms with Crippen LogP contribution in [0.5, 0.6) is 5.75 Å². The van der Waals surface area contributed by atoms with Gasteiger partial charge in [-0.3, -0.25) is 4.79 Å². The number of ether oxygens (including phenoxy) is 1. The maximum Gasteiger partial charge on any atom is 0.170 e. The maximum absolute atomic E-state index is 12.7. The van der Waals surface area contributed by atoms with Crippen LogP contribution in [0.3, 0.4) is 0 Å². The second kappa shape index (κ2) is 4.84. The summed E-state index contributed by atoms with van der Waals surface area (Å²) in [6.07, 6.45) is 6.33. The van der Waals surface area contributed by atoms with Crippen molar-refractivity contribution < 1.29 is 9.53 Å². The predicted molar refractivity (Wildman–Crippen MR) is 75.9 cm³/mol. The lowest BCUT2D eigenvalue weighted by molar-refractivity contribution is 0.0895. The van der Waals surface area contributed by atoms with Gasteiger partial charge in [0.15, 0.2) is 5.78 Å². The number of ketones is 1. The van der Waals surface area contributed by atoms with Crippen molar-refractivity contribution in [3.63, 3.8) is 0 Å². The van der Waals surface area contributed by atoms with Gasteiger partial charge in [-0.1, -0.05) is 31.6 Å². The fourth-order valence-electron chi connectivity index (χ4n) is 3.68.